The summed E-state index contributed by atoms with van der Waals surface area (Å²) in [5.74, 6) is 1.76. The molecular formula is C22H32O2. The second-order valence-electron chi connectivity index (χ2n) is 8.05. The SMILES string of the molecule is CC1CCC(c2ccc3c(c2)CCC3)[C@H]1CCCCCCC(=O)O. The maximum atomic E-state index is 10.6. The van der Waals surface area contributed by atoms with Crippen LogP contribution in [0.2, 0.25) is 0 Å². The van der Waals surface area contributed by atoms with Crippen molar-refractivity contribution in [1.29, 1.82) is 0 Å². The molecule has 3 atom stereocenters. The highest BCUT2D eigenvalue weighted by molar-refractivity contribution is 5.66. The number of hydrogen-bond donors (Lipinski definition) is 1. The molecule has 2 nitrogen and oxygen atoms in total. The highest BCUT2D eigenvalue weighted by Gasteiger charge is 2.34. The van der Waals surface area contributed by atoms with Gasteiger partial charge in [0, 0.05) is 6.42 Å². The molecule has 1 N–H and O–H groups in total. The Morgan fingerprint density at radius 2 is 1.88 bits per heavy atom. The predicted octanol–water partition coefficient (Wildman–Crippen LogP) is 5.73. The summed E-state index contributed by atoms with van der Waals surface area (Å²) in [6.45, 7) is 2.43. The van der Waals surface area contributed by atoms with Crippen LogP contribution in [-0.2, 0) is 17.6 Å². The lowest BCUT2D eigenvalue weighted by Gasteiger charge is -2.24. The minimum atomic E-state index is -0.656. The second-order valence-corrected chi connectivity index (χ2v) is 8.05. The van der Waals surface area contributed by atoms with E-state index < -0.39 is 5.97 Å². The third-order valence-corrected chi connectivity index (χ3v) is 6.41. The van der Waals surface area contributed by atoms with Gasteiger partial charge in [-0.25, -0.2) is 0 Å². The average Bonchev–Trinajstić information content (AvgIpc) is 3.16. The van der Waals surface area contributed by atoms with Crippen LogP contribution in [0, 0.1) is 11.8 Å². The van der Waals surface area contributed by atoms with Crippen LogP contribution in [0.3, 0.4) is 0 Å². The second kappa shape index (κ2) is 8.18. The third-order valence-electron chi connectivity index (χ3n) is 6.41. The van der Waals surface area contributed by atoms with Gasteiger partial charge in [0.15, 0.2) is 0 Å². The Balaban J connectivity index is 1.52. The van der Waals surface area contributed by atoms with Gasteiger partial charge in [0.05, 0.1) is 0 Å². The summed E-state index contributed by atoms with van der Waals surface area (Å²) in [6, 6.07) is 7.32. The number of hydrogen-bond acceptors (Lipinski definition) is 1. The van der Waals surface area contributed by atoms with E-state index in [-0.39, 0.29) is 0 Å². The molecule has 1 saturated carbocycles. The van der Waals surface area contributed by atoms with Crippen molar-refractivity contribution >= 4 is 5.97 Å². The molecule has 132 valence electrons. The first-order chi connectivity index (χ1) is 11.6. The Bertz CT molecular complexity index is 563. The normalized spacial score (nSPS) is 25.8. The molecule has 2 unspecified atom stereocenters. The Kier molecular flexibility index (Phi) is 5.97. The maximum Gasteiger partial charge on any atom is 0.303 e. The lowest BCUT2D eigenvalue weighted by atomic mass is 9.81. The molecule has 1 aromatic carbocycles. The van der Waals surface area contributed by atoms with Crippen molar-refractivity contribution in [2.45, 2.75) is 83.5 Å². The zero-order chi connectivity index (χ0) is 16.9. The summed E-state index contributed by atoms with van der Waals surface area (Å²) in [6.07, 6.45) is 12.6. The minimum absolute atomic E-state index is 0.331. The lowest BCUT2D eigenvalue weighted by molar-refractivity contribution is -0.137. The number of benzene rings is 1. The van der Waals surface area contributed by atoms with Crippen molar-refractivity contribution in [2.24, 2.45) is 11.8 Å². The van der Waals surface area contributed by atoms with Gasteiger partial charge >= 0.3 is 5.97 Å². The number of carboxylic acids is 1. The van der Waals surface area contributed by atoms with E-state index in [1.54, 1.807) is 16.7 Å². The number of rotatable bonds is 8. The van der Waals surface area contributed by atoms with Gasteiger partial charge < -0.3 is 5.11 Å². The molecule has 0 aromatic heterocycles. The first-order valence-corrected chi connectivity index (χ1v) is 9.98. The van der Waals surface area contributed by atoms with Crippen molar-refractivity contribution in [1.82, 2.24) is 0 Å². The summed E-state index contributed by atoms with van der Waals surface area (Å²) >= 11 is 0. The van der Waals surface area contributed by atoms with Crippen LogP contribution in [0.5, 0.6) is 0 Å². The molecule has 0 spiro atoms. The number of unbranched alkanes of at least 4 members (excludes halogenated alkanes) is 3. The minimum Gasteiger partial charge on any atom is -0.481 e. The molecule has 2 aliphatic carbocycles. The zero-order valence-electron chi connectivity index (χ0n) is 15.1. The van der Waals surface area contributed by atoms with E-state index in [1.807, 2.05) is 0 Å². The molecule has 2 aliphatic rings. The van der Waals surface area contributed by atoms with Crippen molar-refractivity contribution in [2.75, 3.05) is 0 Å². The Hall–Kier alpha value is -1.31. The molecular weight excluding hydrogens is 296 g/mol. The fourth-order valence-electron chi connectivity index (χ4n) is 5.00. The van der Waals surface area contributed by atoms with Crippen molar-refractivity contribution in [3.63, 3.8) is 0 Å². The van der Waals surface area contributed by atoms with Gasteiger partial charge in [0.2, 0.25) is 0 Å². The van der Waals surface area contributed by atoms with Gasteiger partial charge in [-0.15, -0.1) is 0 Å². The van der Waals surface area contributed by atoms with Crippen molar-refractivity contribution in [3.8, 4) is 0 Å². The quantitative estimate of drug-likeness (QED) is 0.619. The third kappa shape index (κ3) is 4.20. The first-order valence-electron chi connectivity index (χ1n) is 9.98. The predicted molar refractivity (Wildman–Crippen MR) is 98.4 cm³/mol. The topological polar surface area (TPSA) is 37.3 Å². The number of aliphatic carboxylic acids is 1. The summed E-state index contributed by atoms with van der Waals surface area (Å²) in [4.78, 5) is 10.6. The van der Waals surface area contributed by atoms with Crippen LogP contribution in [0.1, 0.15) is 87.3 Å². The molecule has 0 heterocycles. The smallest absolute Gasteiger partial charge is 0.303 e. The van der Waals surface area contributed by atoms with Crippen LogP contribution in [-0.4, -0.2) is 11.1 Å². The summed E-state index contributed by atoms with van der Waals surface area (Å²) in [5.41, 5.74) is 4.79. The molecule has 0 radical (unpaired) electrons. The molecule has 0 aliphatic heterocycles. The van der Waals surface area contributed by atoms with Crippen LogP contribution in [0.4, 0.5) is 0 Å². The van der Waals surface area contributed by atoms with Gasteiger partial charge in [-0.05, 0) is 79.4 Å². The molecule has 0 bridgehead atoms. The largest absolute Gasteiger partial charge is 0.481 e. The Labute approximate surface area is 146 Å². The van der Waals surface area contributed by atoms with Crippen LogP contribution in [0.15, 0.2) is 18.2 Å². The average molecular weight is 328 g/mol. The number of carbonyl (C=O) groups is 1. The van der Waals surface area contributed by atoms with Gasteiger partial charge in [-0.3, -0.25) is 4.79 Å². The molecule has 1 fully saturated rings. The molecule has 3 rings (SSSR count). The van der Waals surface area contributed by atoms with Crippen LogP contribution < -0.4 is 0 Å². The van der Waals surface area contributed by atoms with E-state index >= 15 is 0 Å². The highest BCUT2D eigenvalue weighted by atomic mass is 16.4. The number of fused-ring (bicyclic) bond motifs is 1. The first kappa shape index (κ1) is 17.5. The lowest BCUT2D eigenvalue weighted by Crippen LogP contribution is -2.12. The monoisotopic (exact) mass is 328 g/mol. The Morgan fingerprint density at radius 3 is 2.71 bits per heavy atom. The van der Waals surface area contributed by atoms with Gasteiger partial charge in [0.25, 0.3) is 0 Å². The van der Waals surface area contributed by atoms with Gasteiger partial charge in [-0.1, -0.05) is 44.4 Å². The van der Waals surface area contributed by atoms with Gasteiger partial charge in [-0.2, -0.15) is 0 Å². The summed E-state index contributed by atoms with van der Waals surface area (Å²) < 4.78 is 0. The molecule has 2 heteroatoms. The van der Waals surface area contributed by atoms with E-state index in [0.717, 1.165) is 30.6 Å². The number of carboxylic acid groups (broad SMARTS) is 1. The number of aryl methyl sites for hydroxylation is 2. The van der Waals surface area contributed by atoms with Crippen LogP contribution in [0.25, 0.3) is 0 Å². The van der Waals surface area contributed by atoms with E-state index in [4.69, 9.17) is 5.11 Å². The van der Waals surface area contributed by atoms with Gasteiger partial charge in [0.1, 0.15) is 0 Å². The van der Waals surface area contributed by atoms with E-state index in [1.165, 1.54) is 51.4 Å². The Morgan fingerprint density at radius 1 is 1.08 bits per heavy atom. The molecule has 0 saturated heterocycles. The zero-order valence-corrected chi connectivity index (χ0v) is 15.1. The van der Waals surface area contributed by atoms with Crippen molar-refractivity contribution in [3.05, 3.63) is 34.9 Å². The van der Waals surface area contributed by atoms with Crippen LogP contribution >= 0.6 is 0 Å². The van der Waals surface area contributed by atoms with E-state index in [0.29, 0.717) is 6.42 Å². The molecule has 24 heavy (non-hydrogen) atoms. The standard InChI is InChI=1S/C22H32O2/c1-16-11-14-21(19-13-12-17-7-6-8-18(17)15-19)20(16)9-4-2-3-5-10-22(23)24/h12-13,15-16,20-21H,2-11,14H2,1H3,(H,23,24)/t16?,20-,21?/m0/s1. The summed E-state index contributed by atoms with van der Waals surface area (Å²) in [7, 11) is 0. The van der Waals surface area contributed by atoms with Crippen molar-refractivity contribution < 1.29 is 9.90 Å². The fraction of sp³-hybridized carbons (Fsp3) is 0.682. The highest BCUT2D eigenvalue weighted by Crippen LogP contribution is 2.46. The fourth-order valence-corrected chi connectivity index (χ4v) is 5.00. The van der Waals surface area contributed by atoms with E-state index in [9.17, 15) is 4.79 Å². The molecule has 1 aromatic rings. The summed E-state index contributed by atoms with van der Waals surface area (Å²) in [5, 5.41) is 8.70. The maximum absolute atomic E-state index is 10.6. The van der Waals surface area contributed by atoms with E-state index in [2.05, 4.69) is 25.1 Å². The molecule has 0 amide bonds.